The molecule has 14 heavy (non-hydrogen) atoms. The Bertz CT molecular complexity index is 187. The third-order valence-corrected chi connectivity index (χ3v) is 2.90. The van der Waals surface area contributed by atoms with Crippen LogP contribution in [0.5, 0.6) is 0 Å². The van der Waals surface area contributed by atoms with E-state index in [1.54, 1.807) is 0 Å². The fourth-order valence-corrected chi connectivity index (χ4v) is 1.99. The maximum Gasteiger partial charge on any atom is 0.337 e. The van der Waals surface area contributed by atoms with Crippen LogP contribution in [0.1, 0.15) is 32.1 Å². The van der Waals surface area contributed by atoms with E-state index in [0.29, 0.717) is 0 Å². The quantitative estimate of drug-likeness (QED) is 0.652. The standard InChI is InChI=1S/C10H18O4/c1-14-10(13)9(12)8(11)7-5-3-2-4-6-7/h7-9,11-12H,2-6H2,1H3. The molecule has 1 rings (SSSR count). The van der Waals surface area contributed by atoms with Crippen LogP contribution >= 0.6 is 0 Å². The molecule has 0 aliphatic heterocycles. The summed E-state index contributed by atoms with van der Waals surface area (Å²) < 4.78 is 4.38. The normalized spacial score (nSPS) is 22.8. The van der Waals surface area contributed by atoms with Crippen LogP contribution in [0.25, 0.3) is 0 Å². The second kappa shape index (κ2) is 5.32. The highest BCUT2D eigenvalue weighted by Crippen LogP contribution is 2.27. The molecule has 0 bridgehead atoms. The van der Waals surface area contributed by atoms with Gasteiger partial charge in [0.15, 0.2) is 6.10 Å². The largest absolute Gasteiger partial charge is 0.467 e. The van der Waals surface area contributed by atoms with Gasteiger partial charge in [0, 0.05) is 0 Å². The Morgan fingerprint density at radius 1 is 1.29 bits per heavy atom. The lowest BCUT2D eigenvalue weighted by atomic mass is 9.83. The van der Waals surface area contributed by atoms with E-state index in [-0.39, 0.29) is 5.92 Å². The van der Waals surface area contributed by atoms with Gasteiger partial charge in [0.2, 0.25) is 0 Å². The van der Waals surface area contributed by atoms with Gasteiger partial charge in [-0.25, -0.2) is 4.79 Å². The molecule has 0 aromatic heterocycles. The highest BCUT2D eigenvalue weighted by atomic mass is 16.5. The van der Waals surface area contributed by atoms with Gasteiger partial charge < -0.3 is 14.9 Å². The molecule has 2 N–H and O–H groups in total. The van der Waals surface area contributed by atoms with Crippen LogP contribution in [0.2, 0.25) is 0 Å². The SMILES string of the molecule is COC(=O)C(O)C(O)C1CCCCC1. The minimum absolute atomic E-state index is 0.0397. The van der Waals surface area contributed by atoms with E-state index in [1.165, 1.54) is 13.5 Å². The van der Waals surface area contributed by atoms with Crippen molar-refractivity contribution in [1.82, 2.24) is 0 Å². The fraction of sp³-hybridized carbons (Fsp3) is 0.900. The van der Waals surface area contributed by atoms with Gasteiger partial charge in [-0.3, -0.25) is 0 Å². The summed E-state index contributed by atoms with van der Waals surface area (Å²) in [4.78, 5) is 11.0. The Labute approximate surface area is 83.9 Å². The number of carbonyl (C=O) groups is 1. The van der Waals surface area contributed by atoms with Crippen LogP contribution in [0.4, 0.5) is 0 Å². The fourth-order valence-electron chi connectivity index (χ4n) is 1.99. The Kier molecular flexibility index (Phi) is 4.35. The third-order valence-electron chi connectivity index (χ3n) is 2.90. The van der Waals surface area contributed by atoms with Crippen LogP contribution in [-0.2, 0) is 9.53 Å². The predicted octanol–water partition coefficient (Wildman–Crippen LogP) is 0.461. The summed E-state index contributed by atoms with van der Waals surface area (Å²) in [5.41, 5.74) is 0. The number of hydrogen-bond acceptors (Lipinski definition) is 4. The lowest BCUT2D eigenvalue weighted by molar-refractivity contribution is -0.159. The Morgan fingerprint density at radius 3 is 2.36 bits per heavy atom. The van der Waals surface area contributed by atoms with Crippen LogP contribution in [0.3, 0.4) is 0 Å². The van der Waals surface area contributed by atoms with Crippen LogP contribution in [-0.4, -0.2) is 35.5 Å². The number of aliphatic hydroxyl groups excluding tert-OH is 2. The average Bonchev–Trinajstić information content (AvgIpc) is 2.27. The van der Waals surface area contributed by atoms with Gasteiger partial charge in [-0.15, -0.1) is 0 Å². The van der Waals surface area contributed by atoms with Gasteiger partial charge in [-0.2, -0.15) is 0 Å². The smallest absolute Gasteiger partial charge is 0.337 e. The second-order valence-corrected chi connectivity index (χ2v) is 3.86. The van der Waals surface area contributed by atoms with Crippen molar-refractivity contribution in [3.8, 4) is 0 Å². The molecule has 0 spiro atoms. The van der Waals surface area contributed by atoms with Crippen molar-refractivity contribution in [3.05, 3.63) is 0 Å². The highest BCUT2D eigenvalue weighted by molar-refractivity contribution is 5.74. The lowest BCUT2D eigenvalue weighted by Crippen LogP contribution is -2.40. The van der Waals surface area contributed by atoms with E-state index in [0.717, 1.165) is 25.7 Å². The highest BCUT2D eigenvalue weighted by Gasteiger charge is 2.32. The number of aliphatic hydroxyl groups is 2. The topological polar surface area (TPSA) is 66.8 Å². The molecule has 2 unspecified atom stereocenters. The van der Waals surface area contributed by atoms with E-state index in [2.05, 4.69) is 4.74 Å². The molecule has 0 amide bonds. The zero-order chi connectivity index (χ0) is 10.6. The number of rotatable bonds is 3. The second-order valence-electron chi connectivity index (χ2n) is 3.86. The van der Waals surface area contributed by atoms with Crippen LogP contribution in [0, 0.1) is 5.92 Å². The molecular weight excluding hydrogens is 184 g/mol. The Hall–Kier alpha value is -0.610. The number of hydrogen-bond donors (Lipinski definition) is 2. The first-order chi connectivity index (χ1) is 6.66. The first kappa shape index (κ1) is 11.5. The molecular formula is C10H18O4. The van der Waals surface area contributed by atoms with Crippen molar-refractivity contribution in [2.24, 2.45) is 5.92 Å². The number of esters is 1. The summed E-state index contributed by atoms with van der Waals surface area (Å²) >= 11 is 0. The molecule has 0 radical (unpaired) electrons. The monoisotopic (exact) mass is 202 g/mol. The van der Waals surface area contributed by atoms with Crippen molar-refractivity contribution in [3.63, 3.8) is 0 Å². The zero-order valence-electron chi connectivity index (χ0n) is 8.48. The van der Waals surface area contributed by atoms with Crippen molar-refractivity contribution in [2.75, 3.05) is 7.11 Å². The molecule has 0 saturated heterocycles. The van der Waals surface area contributed by atoms with E-state index >= 15 is 0 Å². The van der Waals surface area contributed by atoms with E-state index in [1.807, 2.05) is 0 Å². The van der Waals surface area contributed by atoms with E-state index < -0.39 is 18.2 Å². The molecule has 1 fully saturated rings. The molecule has 82 valence electrons. The molecule has 0 heterocycles. The molecule has 2 atom stereocenters. The van der Waals surface area contributed by atoms with Gasteiger partial charge in [0.1, 0.15) is 0 Å². The first-order valence-electron chi connectivity index (χ1n) is 5.10. The summed E-state index contributed by atoms with van der Waals surface area (Å²) in [7, 11) is 1.21. The van der Waals surface area contributed by atoms with Gasteiger partial charge in [0.25, 0.3) is 0 Å². The summed E-state index contributed by atoms with van der Waals surface area (Å²) in [5.74, 6) is -0.707. The van der Waals surface area contributed by atoms with Crippen molar-refractivity contribution < 1.29 is 19.7 Å². The number of carbonyl (C=O) groups excluding carboxylic acids is 1. The molecule has 1 aliphatic carbocycles. The van der Waals surface area contributed by atoms with Gasteiger partial charge in [0.05, 0.1) is 13.2 Å². The van der Waals surface area contributed by atoms with Crippen molar-refractivity contribution in [2.45, 2.75) is 44.3 Å². The zero-order valence-corrected chi connectivity index (χ0v) is 8.48. The minimum atomic E-state index is -1.39. The minimum Gasteiger partial charge on any atom is -0.467 e. The lowest BCUT2D eigenvalue weighted by Gasteiger charge is -2.28. The van der Waals surface area contributed by atoms with Crippen LogP contribution < -0.4 is 0 Å². The van der Waals surface area contributed by atoms with Crippen LogP contribution in [0.15, 0.2) is 0 Å². The predicted molar refractivity (Wildman–Crippen MR) is 50.6 cm³/mol. The van der Waals surface area contributed by atoms with Crippen molar-refractivity contribution >= 4 is 5.97 Å². The Morgan fingerprint density at radius 2 is 1.86 bits per heavy atom. The molecule has 4 heteroatoms. The van der Waals surface area contributed by atoms with Gasteiger partial charge in [-0.05, 0) is 18.8 Å². The first-order valence-corrected chi connectivity index (χ1v) is 5.10. The number of ether oxygens (including phenoxy) is 1. The number of methoxy groups -OCH3 is 1. The summed E-state index contributed by atoms with van der Waals surface area (Å²) in [6.45, 7) is 0. The molecule has 0 aromatic carbocycles. The van der Waals surface area contributed by atoms with E-state index in [9.17, 15) is 15.0 Å². The average molecular weight is 202 g/mol. The van der Waals surface area contributed by atoms with Gasteiger partial charge >= 0.3 is 5.97 Å². The third kappa shape index (κ3) is 2.69. The molecule has 0 aromatic rings. The molecule has 4 nitrogen and oxygen atoms in total. The van der Waals surface area contributed by atoms with Gasteiger partial charge in [-0.1, -0.05) is 19.3 Å². The molecule has 1 aliphatic rings. The van der Waals surface area contributed by atoms with Crippen molar-refractivity contribution in [1.29, 1.82) is 0 Å². The summed E-state index contributed by atoms with van der Waals surface area (Å²) in [6, 6.07) is 0. The summed E-state index contributed by atoms with van der Waals surface area (Å²) in [5, 5.41) is 19.1. The maximum atomic E-state index is 11.0. The van der Waals surface area contributed by atoms with E-state index in [4.69, 9.17) is 0 Å². The summed E-state index contributed by atoms with van der Waals surface area (Å²) in [6.07, 6.45) is 2.72. The maximum absolute atomic E-state index is 11.0. The molecule has 1 saturated carbocycles. The Balaban J connectivity index is 2.45.